The Hall–Kier alpha value is -3.06. The Morgan fingerprint density at radius 2 is 2.11 bits per heavy atom. The van der Waals surface area contributed by atoms with Gasteiger partial charge in [-0.15, -0.1) is 0 Å². The van der Waals surface area contributed by atoms with Crippen LogP contribution >= 0.6 is 11.6 Å². The molecule has 2 heterocycles. The first kappa shape index (κ1) is 17.4. The van der Waals surface area contributed by atoms with Gasteiger partial charge >= 0.3 is 0 Å². The Labute approximate surface area is 160 Å². The third-order valence-corrected chi connectivity index (χ3v) is 4.64. The Bertz CT molecular complexity index is 974. The Balaban J connectivity index is 1.65. The van der Waals surface area contributed by atoms with Crippen molar-refractivity contribution in [1.82, 2.24) is 14.8 Å². The van der Waals surface area contributed by atoms with Crippen LogP contribution in [-0.2, 0) is 11.4 Å². The second-order valence-corrected chi connectivity index (χ2v) is 6.51. The van der Waals surface area contributed by atoms with Gasteiger partial charge in [-0.3, -0.25) is 10.1 Å². The van der Waals surface area contributed by atoms with Crippen LogP contribution in [0, 0.1) is 0 Å². The highest BCUT2D eigenvalue weighted by molar-refractivity contribution is 6.32. The molecule has 138 valence electrons. The van der Waals surface area contributed by atoms with Gasteiger partial charge in [0.1, 0.15) is 12.9 Å². The molecule has 8 heteroatoms. The van der Waals surface area contributed by atoms with Crippen LogP contribution in [0.15, 0.2) is 48.8 Å². The number of carbonyl (C=O) groups is 1. The third kappa shape index (κ3) is 3.46. The van der Waals surface area contributed by atoms with Gasteiger partial charge in [0.2, 0.25) is 11.9 Å². The molecule has 7 nitrogen and oxygen atoms in total. The van der Waals surface area contributed by atoms with Crippen LogP contribution in [0.5, 0.6) is 11.5 Å². The molecular weight excluding hydrogens is 368 g/mol. The maximum Gasteiger partial charge on any atom is 0.229 e. The van der Waals surface area contributed by atoms with Crippen molar-refractivity contribution in [3.8, 4) is 11.5 Å². The summed E-state index contributed by atoms with van der Waals surface area (Å²) in [4.78, 5) is 16.1. The van der Waals surface area contributed by atoms with Gasteiger partial charge in [0.25, 0.3) is 0 Å². The van der Waals surface area contributed by atoms with E-state index < -0.39 is 0 Å². The van der Waals surface area contributed by atoms with Crippen molar-refractivity contribution in [3.63, 3.8) is 0 Å². The summed E-state index contributed by atoms with van der Waals surface area (Å²) in [5.41, 5.74) is 1.82. The van der Waals surface area contributed by atoms with Crippen LogP contribution < -0.4 is 14.8 Å². The largest absolute Gasteiger partial charge is 0.493 e. The molecule has 1 aliphatic heterocycles. The quantitative estimate of drug-likeness (QED) is 0.729. The minimum atomic E-state index is -0.314. The van der Waals surface area contributed by atoms with E-state index in [2.05, 4.69) is 15.4 Å². The molecule has 3 aromatic rings. The number of methoxy groups -OCH3 is 1. The molecule has 1 N–H and O–H groups in total. The predicted molar refractivity (Wildman–Crippen MR) is 100 cm³/mol. The first-order chi connectivity index (χ1) is 13.2. The standard InChI is InChI=1S/C19H17ClN4O3/c1-26-16-8-13(15-9-17(25)23-19-21-11-22-24(15)19)7-14(20)18(16)27-10-12-5-3-2-4-6-12/h2-8,11,15H,9-10H2,1H3,(H,21,22,23,25). The fourth-order valence-corrected chi connectivity index (χ4v) is 3.34. The monoisotopic (exact) mass is 384 g/mol. The fraction of sp³-hybridized carbons (Fsp3) is 0.211. The van der Waals surface area contributed by atoms with E-state index in [4.69, 9.17) is 21.1 Å². The number of carbonyl (C=O) groups excluding carboxylic acids is 1. The van der Waals surface area contributed by atoms with Crippen molar-refractivity contribution in [3.05, 3.63) is 64.9 Å². The smallest absolute Gasteiger partial charge is 0.229 e. The van der Waals surface area contributed by atoms with E-state index in [1.54, 1.807) is 17.9 Å². The highest BCUT2D eigenvalue weighted by atomic mass is 35.5. The first-order valence-corrected chi connectivity index (χ1v) is 8.77. The molecule has 27 heavy (non-hydrogen) atoms. The lowest BCUT2D eigenvalue weighted by molar-refractivity contribution is -0.117. The van der Waals surface area contributed by atoms with Gasteiger partial charge in [-0.05, 0) is 23.3 Å². The summed E-state index contributed by atoms with van der Waals surface area (Å²) in [6.45, 7) is 0.370. The van der Waals surface area contributed by atoms with E-state index in [0.717, 1.165) is 11.1 Å². The average molecular weight is 385 g/mol. The van der Waals surface area contributed by atoms with Crippen LogP contribution in [0.3, 0.4) is 0 Å². The summed E-state index contributed by atoms with van der Waals surface area (Å²) >= 11 is 6.49. The zero-order valence-corrected chi connectivity index (χ0v) is 15.3. The number of benzene rings is 2. The second-order valence-electron chi connectivity index (χ2n) is 6.10. The summed E-state index contributed by atoms with van der Waals surface area (Å²) in [6.07, 6.45) is 1.64. The molecule has 0 saturated heterocycles. The highest BCUT2D eigenvalue weighted by Crippen LogP contribution is 2.40. The minimum Gasteiger partial charge on any atom is -0.493 e. The van der Waals surface area contributed by atoms with E-state index in [1.807, 2.05) is 36.4 Å². The summed E-state index contributed by atoms with van der Waals surface area (Å²) in [6, 6.07) is 13.1. The normalized spacial score (nSPS) is 15.8. The van der Waals surface area contributed by atoms with Crippen molar-refractivity contribution >= 4 is 23.5 Å². The molecule has 0 aliphatic carbocycles. The summed E-state index contributed by atoms with van der Waals surface area (Å²) < 4.78 is 13.0. The molecule has 0 spiro atoms. The van der Waals surface area contributed by atoms with Gasteiger partial charge in [-0.1, -0.05) is 41.9 Å². The van der Waals surface area contributed by atoms with Crippen LogP contribution in [0.25, 0.3) is 0 Å². The predicted octanol–water partition coefficient (Wildman–Crippen LogP) is 3.45. The topological polar surface area (TPSA) is 78.3 Å². The summed E-state index contributed by atoms with van der Waals surface area (Å²) in [7, 11) is 1.55. The number of hydrogen-bond acceptors (Lipinski definition) is 5. The molecule has 1 aromatic heterocycles. The van der Waals surface area contributed by atoms with E-state index in [0.29, 0.717) is 29.1 Å². The Morgan fingerprint density at radius 1 is 1.30 bits per heavy atom. The maximum absolute atomic E-state index is 12.0. The summed E-state index contributed by atoms with van der Waals surface area (Å²) in [5.74, 6) is 1.25. The Kier molecular flexibility index (Phi) is 4.68. The molecule has 0 saturated carbocycles. The van der Waals surface area contributed by atoms with E-state index >= 15 is 0 Å². The molecule has 2 aromatic carbocycles. The van der Waals surface area contributed by atoms with Crippen LogP contribution in [-0.4, -0.2) is 27.8 Å². The number of nitrogens with zero attached hydrogens (tertiary/aromatic N) is 3. The van der Waals surface area contributed by atoms with Gasteiger partial charge in [0.15, 0.2) is 11.5 Å². The van der Waals surface area contributed by atoms with Crippen LogP contribution in [0.1, 0.15) is 23.6 Å². The fourth-order valence-electron chi connectivity index (χ4n) is 3.07. The number of anilines is 1. The average Bonchev–Trinajstić information content (AvgIpc) is 3.15. The number of aromatic nitrogens is 3. The molecule has 0 bridgehead atoms. The minimum absolute atomic E-state index is 0.125. The zero-order valence-electron chi connectivity index (χ0n) is 14.6. The number of amides is 1. The van der Waals surface area contributed by atoms with Crippen molar-refractivity contribution in [2.45, 2.75) is 19.1 Å². The maximum atomic E-state index is 12.0. The molecule has 0 radical (unpaired) electrons. The van der Waals surface area contributed by atoms with Crippen LogP contribution in [0.2, 0.25) is 5.02 Å². The van der Waals surface area contributed by atoms with Crippen molar-refractivity contribution in [2.24, 2.45) is 0 Å². The third-order valence-electron chi connectivity index (χ3n) is 4.36. The van der Waals surface area contributed by atoms with Gasteiger partial charge in [0, 0.05) is 0 Å². The van der Waals surface area contributed by atoms with E-state index in [9.17, 15) is 4.79 Å². The lowest BCUT2D eigenvalue weighted by atomic mass is 10.0. The lowest BCUT2D eigenvalue weighted by Gasteiger charge is -2.24. The number of halogens is 1. The van der Waals surface area contributed by atoms with Gasteiger partial charge < -0.3 is 9.47 Å². The number of rotatable bonds is 5. The van der Waals surface area contributed by atoms with Crippen molar-refractivity contribution in [2.75, 3.05) is 12.4 Å². The first-order valence-electron chi connectivity index (χ1n) is 8.39. The highest BCUT2D eigenvalue weighted by Gasteiger charge is 2.29. The molecule has 1 amide bonds. The molecule has 4 rings (SSSR count). The van der Waals surface area contributed by atoms with Crippen molar-refractivity contribution < 1.29 is 14.3 Å². The SMILES string of the molecule is COc1cc(C2CC(=O)Nc3ncnn32)cc(Cl)c1OCc1ccccc1. The second kappa shape index (κ2) is 7.28. The van der Waals surface area contributed by atoms with Gasteiger partial charge in [-0.25, -0.2) is 4.68 Å². The molecule has 0 fully saturated rings. The molecule has 1 aliphatic rings. The van der Waals surface area contributed by atoms with Gasteiger partial charge in [-0.2, -0.15) is 10.1 Å². The number of hydrogen-bond donors (Lipinski definition) is 1. The van der Waals surface area contributed by atoms with E-state index in [-0.39, 0.29) is 18.4 Å². The zero-order chi connectivity index (χ0) is 18.8. The van der Waals surface area contributed by atoms with Gasteiger partial charge in [0.05, 0.1) is 24.6 Å². The molecule has 1 unspecified atom stereocenters. The molecule has 1 atom stereocenters. The molecular formula is C19H17ClN4O3. The number of fused-ring (bicyclic) bond motifs is 1. The number of nitrogens with one attached hydrogen (secondary N) is 1. The van der Waals surface area contributed by atoms with Crippen LogP contribution in [0.4, 0.5) is 5.95 Å². The number of ether oxygens (including phenoxy) is 2. The Morgan fingerprint density at radius 3 is 2.89 bits per heavy atom. The lowest BCUT2D eigenvalue weighted by Crippen LogP contribution is -2.29. The summed E-state index contributed by atoms with van der Waals surface area (Å²) in [5, 5.41) is 7.31. The van der Waals surface area contributed by atoms with E-state index in [1.165, 1.54) is 6.33 Å². The van der Waals surface area contributed by atoms with Crippen molar-refractivity contribution in [1.29, 1.82) is 0 Å².